The second-order valence-corrected chi connectivity index (χ2v) is 5.47. The van der Waals surface area contributed by atoms with E-state index >= 15 is 0 Å². The van der Waals surface area contributed by atoms with E-state index < -0.39 is 0 Å². The molecule has 6 nitrogen and oxygen atoms in total. The smallest absolute Gasteiger partial charge is 0.191 e. The molecule has 0 radical (unpaired) electrons. The molecule has 2 N–H and O–H groups in total. The third kappa shape index (κ3) is 5.77. The lowest BCUT2D eigenvalue weighted by Gasteiger charge is -2.11. The van der Waals surface area contributed by atoms with Crippen molar-refractivity contribution in [3.8, 4) is 0 Å². The topological polar surface area (TPSA) is 67.1 Å². The fourth-order valence-electron chi connectivity index (χ4n) is 2.48. The van der Waals surface area contributed by atoms with Gasteiger partial charge in [0, 0.05) is 32.0 Å². The molecule has 0 aliphatic heterocycles. The van der Waals surface area contributed by atoms with Crippen LogP contribution in [0.3, 0.4) is 0 Å². The van der Waals surface area contributed by atoms with Gasteiger partial charge < -0.3 is 10.6 Å². The van der Waals surface area contributed by atoms with E-state index in [-0.39, 0.29) is 24.0 Å². The normalized spacial score (nSPS) is 11.1. The summed E-state index contributed by atoms with van der Waals surface area (Å²) in [6.07, 6.45) is 2.72. The molecule has 7 heteroatoms. The first-order valence-corrected chi connectivity index (χ1v) is 8.03. The number of pyridine rings is 1. The van der Waals surface area contributed by atoms with Crippen LogP contribution in [0.2, 0.25) is 0 Å². The van der Waals surface area contributed by atoms with E-state index in [1.807, 2.05) is 29.9 Å². The lowest BCUT2D eigenvalue weighted by Crippen LogP contribution is -2.38. The number of aliphatic imine (C=N–C) groups is 1. The van der Waals surface area contributed by atoms with Crippen LogP contribution in [0, 0.1) is 13.8 Å². The highest BCUT2D eigenvalue weighted by Gasteiger charge is 2.09. The number of nitrogens with zero attached hydrogens (tertiary/aromatic N) is 4. The Morgan fingerprint density at radius 3 is 2.62 bits per heavy atom. The molecule has 24 heavy (non-hydrogen) atoms. The first-order chi connectivity index (χ1) is 11.1. The number of hydrogen-bond donors (Lipinski definition) is 2. The number of aromatic nitrogens is 3. The number of nitrogens with one attached hydrogen (secondary N) is 2. The molecule has 0 unspecified atom stereocenters. The maximum absolute atomic E-state index is 4.58. The number of halogens is 1. The van der Waals surface area contributed by atoms with Gasteiger partial charge in [0.2, 0.25) is 0 Å². The van der Waals surface area contributed by atoms with Gasteiger partial charge in [-0.1, -0.05) is 6.07 Å². The summed E-state index contributed by atoms with van der Waals surface area (Å²) in [5.41, 5.74) is 4.59. The van der Waals surface area contributed by atoms with Gasteiger partial charge in [-0.15, -0.1) is 24.0 Å². The number of rotatable bonds is 6. The summed E-state index contributed by atoms with van der Waals surface area (Å²) in [6.45, 7) is 8.45. The highest BCUT2D eigenvalue weighted by atomic mass is 127. The van der Waals surface area contributed by atoms with Gasteiger partial charge in [0.15, 0.2) is 5.96 Å². The average molecular weight is 442 g/mol. The summed E-state index contributed by atoms with van der Waals surface area (Å²) in [7, 11) is 1.98. The predicted octanol–water partition coefficient (Wildman–Crippen LogP) is 2.35. The molecule has 2 rings (SSSR count). The van der Waals surface area contributed by atoms with E-state index in [4.69, 9.17) is 0 Å². The van der Waals surface area contributed by atoms with Crippen LogP contribution in [0.5, 0.6) is 0 Å². The summed E-state index contributed by atoms with van der Waals surface area (Å²) >= 11 is 0. The summed E-state index contributed by atoms with van der Waals surface area (Å²) in [5.74, 6) is 0.817. The van der Waals surface area contributed by atoms with Crippen molar-refractivity contribution in [2.24, 2.45) is 12.0 Å². The third-order valence-electron chi connectivity index (χ3n) is 3.80. The molecule has 0 aromatic carbocycles. The summed E-state index contributed by atoms with van der Waals surface area (Å²) < 4.78 is 1.94. The summed E-state index contributed by atoms with van der Waals surface area (Å²) in [6, 6.07) is 5.87. The van der Waals surface area contributed by atoms with E-state index in [0.717, 1.165) is 36.9 Å². The Balaban J connectivity index is 0.00000288. The SMILES string of the molecule is CCNC(=NCc1ccccn1)NCCc1c(C)nn(C)c1C.I. The Morgan fingerprint density at radius 1 is 1.25 bits per heavy atom. The zero-order chi connectivity index (χ0) is 16.7. The molecular formula is C17H27IN6. The molecule has 2 heterocycles. The first-order valence-electron chi connectivity index (χ1n) is 8.03. The van der Waals surface area contributed by atoms with Gasteiger partial charge in [-0.2, -0.15) is 5.10 Å². The molecule has 0 saturated carbocycles. The Kier molecular flexibility index (Phi) is 8.73. The fraction of sp³-hybridized carbons (Fsp3) is 0.471. The van der Waals surface area contributed by atoms with Crippen molar-refractivity contribution in [3.63, 3.8) is 0 Å². The Hall–Kier alpha value is -1.64. The molecule has 132 valence electrons. The molecule has 2 aromatic heterocycles. The first kappa shape index (κ1) is 20.4. The molecular weight excluding hydrogens is 415 g/mol. The zero-order valence-corrected chi connectivity index (χ0v) is 17.2. The van der Waals surface area contributed by atoms with Gasteiger partial charge in [-0.3, -0.25) is 9.67 Å². The molecule has 0 saturated heterocycles. The van der Waals surface area contributed by atoms with Gasteiger partial charge in [0.05, 0.1) is 17.9 Å². The van der Waals surface area contributed by atoms with Crippen molar-refractivity contribution >= 4 is 29.9 Å². The minimum atomic E-state index is 0. The summed E-state index contributed by atoms with van der Waals surface area (Å²) in [5, 5.41) is 11.1. The van der Waals surface area contributed by atoms with Crippen LogP contribution in [0.25, 0.3) is 0 Å². The van der Waals surface area contributed by atoms with E-state index in [1.165, 1.54) is 11.3 Å². The highest BCUT2D eigenvalue weighted by molar-refractivity contribution is 14.0. The lowest BCUT2D eigenvalue weighted by atomic mass is 10.1. The minimum absolute atomic E-state index is 0. The molecule has 2 aromatic rings. The quantitative estimate of drug-likeness (QED) is 0.410. The average Bonchev–Trinajstić information content (AvgIpc) is 2.79. The van der Waals surface area contributed by atoms with Crippen molar-refractivity contribution in [3.05, 3.63) is 47.0 Å². The Labute approximate surface area is 161 Å². The second-order valence-electron chi connectivity index (χ2n) is 5.47. The fourth-order valence-corrected chi connectivity index (χ4v) is 2.48. The predicted molar refractivity (Wildman–Crippen MR) is 109 cm³/mol. The molecule has 0 aliphatic rings. The Bertz CT molecular complexity index is 651. The Morgan fingerprint density at radius 2 is 2.04 bits per heavy atom. The van der Waals surface area contributed by atoms with Crippen LogP contribution in [-0.2, 0) is 20.0 Å². The second kappa shape index (κ2) is 10.3. The highest BCUT2D eigenvalue weighted by Crippen LogP contribution is 2.11. The molecule has 0 fully saturated rings. The van der Waals surface area contributed by atoms with Crippen molar-refractivity contribution < 1.29 is 0 Å². The van der Waals surface area contributed by atoms with E-state index in [9.17, 15) is 0 Å². The lowest BCUT2D eigenvalue weighted by molar-refractivity contribution is 0.729. The molecule has 0 bridgehead atoms. The van der Waals surface area contributed by atoms with Gasteiger partial charge in [-0.25, -0.2) is 4.99 Å². The monoisotopic (exact) mass is 442 g/mol. The molecule has 0 aliphatic carbocycles. The van der Waals surface area contributed by atoms with Crippen LogP contribution in [0.15, 0.2) is 29.4 Å². The number of hydrogen-bond acceptors (Lipinski definition) is 3. The van der Waals surface area contributed by atoms with E-state index in [0.29, 0.717) is 6.54 Å². The van der Waals surface area contributed by atoms with Crippen molar-refractivity contribution in [1.29, 1.82) is 0 Å². The van der Waals surface area contributed by atoms with Crippen LogP contribution in [0.1, 0.15) is 29.6 Å². The minimum Gasteiger partial charge on any atom is -0.357 e. The number of aryl methyl sites for hydroxylation is 2. The van der Waals surface area contributed by atoms with E-state index in [1.54, 1.807) is 6.20 Å². The van der Waals surface area contributed by atoms with Crippen molar-refractivity contribution in [1.82, 2.24) is 25.4 Å². The van der Waals surface area contributed by atoms with Gasteiger partial charge >= 0.3 is 0 Å². The van der Waals surface area contributed by atoms with Gasteiger partial charge in [0.1, 0.15) is 0 Å². The summed E-state index contributed by atoms with van der Waals surface area (Å²) in [4.78, 5) is 8.87. The third-order valence-corrected chi connectivity index (χ3v) is 3.80. The van der Waals surface area contributed by atoms with Crippen LogP contribution in [-0.4, -0.2) is 33.8 Å². The van der Waals surface area contributed by atoms with Crippen LogP contribution in [0.4, 0.5) is 0 Å². The largest absolute Gasteiger partial charge is 0.357 e. The zero-order valence-electron chi connectivity index (χ0n) is 14.8. The maximum Gasteiger partial charge on any atom is 0.191 e. The van der Waals surface area contributed by atoms with Crippen LogP contribution < -0.4 is 10.6 Å². The standard InChI is InChI=1S/C17H26N6.HI/c1-5-18-17(21-12-15-8-6-7-10-19-15)20-11-9-16-13(2)22-23(4)14(16)3;/h6-8,10H,5,9,11-12H2,1-4H3,(H2,18,20,21);1H. The van der Waals surface area contributed by atoms with E-state index in [2.05, 4.69) is 46.5 Å². The molecule has 0 spiro atoms. The number of guanidine groups is 1. The van der Waals surface area contributed by atoms with Gasteiger partial charge in [-0.05, 0) is 44.9 Å². The van der Waals surface area contributed by atoms with Crippen LogP contribution >= 0.6 is 24.0 Å². The van der Waals surface area contributed by atoms with Crippen molar-refractivity contribution in [2.45, 2.75) is 33.7 Å². The maximum atomic E-state index is 4.58. The van der Waals surface area contributed by atoms with Gasteiger partial charge in [0.25, 0.3) is 0 Å². The van der Waals surface area contributed by atoms with Crippen molar-refractivity contribution in [2.75, 3.05) is 13.1 Å². The molecule has 0 atom stereocenters. The molecule has 0 amide bonds.